The van der Waals surface area contributed by atoms with Gasteiger partial charge < -0.3 is 20.1 Å². The number of hydrogen-bond donors (Lipinski definition) is 2. The summed E-state index contributed by atoms with van der Waals surface area (Å²) < 4.78 is 11.0. The van der Waals surface area contributed by atoms with Crippen LogP contribution < -0.4 is 15.4 Å². The lowest BCUT2D eigenvalue weighted by Crippen LogP contribution is -2.42. The number of amides is 2. The predicted octanol–water partition coefficient (Wildman–Crippen LogP) is 3.74. The second-order valence-electron chi connectivity index (χ2n) is 5.82. The van der Waals surface area contributed by atoms with E-state index in [0.717, 1.165) is 18.4 Å². The topological polar surface area (TPSA) is 59.6 Å². The lowest BCUT2D eigenvalue weighted by atomic mass is 9.97. The second-order valence-corrected chi connectivity index (χ2v) is 5.82. The summed E-state index contributed by atoms with van der Waals surface area (Å²) in [4.78, 5) is 12.2. The van der Waals surface area contributed by atoms with Crippen LogP contribution in [0.1, 0.15) is 24.5 Å². The standard InChI is InChI=1S/C19H22N2O3/c1-23-17-9-5-8-15(12-17)20-19(22)21-16-10-11-24-18(13-16)14-6-3-2-4-7-14/h2-9,12,16,18H,10-11,13H2,1H3,(H2,20,21,22). The third-order valence-electron chi connectivity index (χ3n) is 4.12. The number of hydrogen-bond acceptors (Lipinski definition) is 3. The minimum absolute atomic E-state index is 0.0297. The van der Waals surface area contributed by atoms with Crippen molar-refractivity contribution in [2.45, 2.75) is 25.0 Å². The molecule has 126 valence electrons. The number of methoxy groups -OCH3 is 1. The number of nitrogens with one attached hydrogen (secondary N) is 2. The van der Waals surface area contributed by atoms with Crippen LogP contribution in [0.25, 0.3) is 0 Å². The number of urea groups is 1. The van der Waals surface area contributed by atoms with Crippen LogP contribution in [0, 0.1) is 0 Å². The number of carbonyl (C=O) groups is 1. The van der Waals surface area contributed by atoms with E-state index < -0.39 is 0 Å². The smallest absolute Gasteiger partial charge is 0.319 e. The molecular formula is C19H22N2O3. The SMILES string of the molecule is COc1cccc(NC(=O)NC2CCOC(c3ccccc3)C2)c1. The zero-order chi connectivity index (χ0) is 16.8. The van der Waals surface area contributed by atoms with E-state index in [1.165, 1.54) is 0 Å². The molecule has 2 aromatic rings. The molecule has 0 radical (unpaired) electrons. The molecule has 2 amide bonds. The molecule has 0 spiro atoms. The fourth-order valence-corrected chi connectivity index (χ4v) is 2.88. The maximum Gasteiger partial charge on any atom is 0.319 e. The van der Waals surface area contributed by atoms with E-state index in [4.69, 9.17) is 9.47 Å². The molecule has 1 saturated heterocycles. The van der Waals surface area contributed by atoms with Crippen molar-refractivity contribution in [3.05, 3.63) is 60.2 Å². The van der Waals surface area contributed by atoms with Crippen LogP contribution >= 0.6 is 0 Å². The van der Waals surface area contributed by atoms with Gasteiger partial charge in [0.25, 0.3) is 0 Å². The summed E-state index contributed by atoms with van der Waals surface area (Å²) in [6, 6.07) is 17.3. The van der Waals surface area contributed by atoms with Crippen molar-refractivity contribution in [1.82, 2.24) is 5.32 Å². The average molecular weight is 326 g/mol. The Morgan fingerprint density at radius 1 is 1.17 bits per heavy atom. The summed E-state index contributed by atoms with van der Waals surface area (Å²) in [6.45, 7) is 0.643. The summed E-state index contributed by atoms with van der Waals surface area (Å²) in [5.74, 6) is 0.711. The first-order chi connectivity index (χ1) is 11.7. The van der Waals surface area contributed by atoms with Crippen molar-refractivity contribution in [3.8, 4) is 5.75 Å². The van der Waals surface area contributed by atoms with E-state index >= 15 is 0 Å². The van der Waals surface area contributed by atoms with Gasteiger partial charge in [-0.2, -0.15) is 0 Å². The normalized spacial score (nSPS) is 20.2. The summed E-state index contributed by atoms with van der Waals surface area (Å²) in [7, 11) is 1.60. The first kappa shape index (κ1) is 16.3. The fourth-order valence-electron chi connectivity index (χ4n) is 2.88. The number of ether oxygens (including phenoxy) is 2. The van der Waals surface area contributed by atoms with Crippen LogP contribution in [0.2, 0.25) is 0 Å². The first-order valence-electron chi connectivity index (χ1n) is 8.13. The average Bonchev–Trinajstić information content (AvgIpc) is 2.63. The third-order valence-corrected chi connectivity index (χ3v) is 4.12. The van der Waals surface area contributed by atoms with Crippen molar-refractivity contribution in [2.75, 3.05) is 19.0 Å². The van der Waals surface area contributed by atoms with E-state index in [1.54, 1.807) is 13.2 Å². The van der Waals surface area contributed by atoms with Gasteiger partial charge in [0, 0.05) is 24.4 Å². The van der Waals surface area contributed by atoms with Gasteiger partial charge in [0.1, 0.15) is 5.75 Å². The summed E-state index contributed by atoms with van der Waals surface area (Å²) in [5.41, 5.74) is 1.86. The van der Waals surface area contributed by atoms with Crippen LogP contribution in [-0.2, 0) is 4.74 Å². The number of benzene rings is 2. The molecule has 0 saturated carbocycles. The van der Waals surface area contributed by atoms with Crippen LogP contribution in [0.15, 0.2) is 54.6 Å². The van der Waals surface area contributed by atoms with Crippen molar-refractivity contribution in [3.63, 3.8) is 0 Å². The summed E-state index contributed by atoms with van der Waals surface area (Å²) in [5, 5.41) is 5.88. The van der Waals surface area contributed by atoms with Gasteiger partial charge >= 0.3 is 6.03 Å². The highest BCUT2D eigenvalue weighted by atomic mass is 16.5. The van der Waals surface area contributed by atoms with Crippen LogP contribution in [0.4, 0.5) is 10.5 Å². The number of rotatable bonds is 4. The Bertz CT molecular complexity index is 675. The quantitative estimate of drug-likeness (QED) is 0.900. The van der Waals surface area contributed by atoms with Gasteiger partial charge in [0.05, 0.1) is 13.2 Å². The Kier molecular flexibility index (Phi) is 5.33. The maximum atomic E-state index is 12.2. The Balaban J connectivity index is 1.56. The Hall–Kier alpha value is -2.53. The lowest BCUT2D eigenvalue weighted by molar-refractivity contribution is 0.00254. The van der Waals surface area contributed by atoms with Gasteiger partial charge in [-0.3, -0.25) is 0 Å². The van der Waals surface area contributed by atoms with Crippen LogP contribution in [0.5, 0.6) is 5.75 Å². The molecular weight excluding hydrogens is 304 g/mol. The minimum atomic E-state index is -0.207. The minimum Gasteiger partial charge on any atom is -0.497 e. The molecule has 5 nitrogen and oxygen atoms in total. The maximum absolute atomic E-state index is 12.2. The molecule has 5 heteroatoms. The number of anilines is 1. The van der Waals surface area contributed by atoms with Crippen molar-refractivity contribution >= 4 is 11.7 Å². The zero-order valence-corrected chi connectivity index (χ0v) is 13.7. The Morgan fingerprint density at radius 3 is 2.79 bits per heavy atom. The molecule has 3 rings (SSSR count). The molecule has 2 unspecified atom stereocenters. The monoisotopic (exact) mass is 326 g/mol. The second kappa shape index (κ2) is 7.84. The largest absolute Gasteiger partial charge is 0.497 e. The van der Waals surface area contributed by atoms with E-state index in [-0.39, 0.29) is 18.2 Å². The third kappa shape index (κ3) is 4.26. The highest BCUT2D eigenvalue weighted by molar-refractivity contribution is 5.89. The molecule has 1 fully saturated rings. The van der Waals surface area contributed by atoms with Gasteiger partial charge in [0.2, 0.25) is 0 Å². The van der Waals surface area contributed by atoms with E-state index in [2.05, 4.69) is 22.8 Å². The molecule has 0 aliphatic carbocycles. The molecule has 24 heavy (non-hydrogen) atoms. The molecule has 2 N–H and O–H groups in total. The molecule has 0 aromatic heterocycles. The van der Waals surface area contributed by atoms with Crippen LogP contribution in [0.3, 0.4) is 0 Å². The van der Waals surface area contributed by atoms with Crippen molar-refractivity contribution < 1.29 is 14.3 Å². The van der Waals surface area contributed by atoms with Crippen molar-refractivity contribution in [2.24, 2.45) is 0 Å². The molecule has 2 atom stereocenters. The van der Waals surface area contributed by atoms with Gasteiger partial charge in [-0.25, -0.2) is 4.79 Å². The van der Waals surface area contributed by atoms with E-state index in [9.17, 15) is 4.79 Å². The highest BCUT2D eigenvalue weighted by Crippen LogP contribution is 2.28. The van der Waals surface area contributed by atoms with Gasteiger partial charge in [-0.15, -0.1) is 0 Å². The van der Waals surface area contributed by atoms with Gasteiger partial charge in [-0.05, 0) is 30.5 Å². The molecule has 1 aliphatic rings. The fraction of sp³-hybridized carbons (Fsp3) is 0.316. The van der Waals surface area contributed by atoms with Gasteiger partial charge in [0.15, 0.2) is 0 Å². The lowest BCUT2D eigenvalue weighted by Gasteiger charge is -2.30. The summed E-state index contributed by atoms with van der Waals surface area (Å²) >= 11 is 0. The Labute approximate surface area is 142 Å². The zero-order valence-electron chi connectivity index (χ0n) is 13.7. The number of carbonyl (C=O) groups excluding carboxylic acids is 1. The first-order valence-corrected chi connectivity index (χ1v) is 8.13. The molecule has 1 heterocycles. The van der Waals surface area contributed by atoms with Crippen LogP contribution in [-0.4, -0.2) is 25.8 Å². The van der Waals surface area contributed by atoms with E-state index in [1.807, 2.05) is 36.4 Å². The Morgan fingerprint density at radius 2 is 2.00 bits per heavy atom. The molecule has 2 aromatic carbocycles. The molecule has 1 aliphatic heterocycles. The summed E-state index contributed by atoms with van der Waals surface area (Å²) in [6.07, 6.45) is 1.62. The highest BCUT2D eigenvalue weighted by Gasteiger charge is 2.25. The van der Waals surface area contributed by atoms with Crippen molar-refractivity contribution in [1.29, 1.82) is 0 Å². The predicted molar refractivity (Wildman–Crippen MR) is 93.3 cm³/mol. The van der Waals surface area contributed by atoms with Gasteiger partial charge in [-0.1, -0.05) is 36.4 Å². The molecule has 0 bridgehead atoms. The van der Waals surface area contributed by atoms with E-state index in [0.29, 0.717) is 18.0 Å².